The molecule has 0 radical (unpaired) electrons. The molecule has 1 aromatic carbocycles. The van der Waals surface area contributed by atoms with Crippen molar-refractivity contribution in [2.45, 2.75) is 57.2 Å². The number of likely N-dealkylation sites (tertiary alicyclic amines) is 1. The molecule has 2 saturated heterocycles. The van der Waals surface area contributed by atoms with Crippen molar-refractivity contribution < 1.29 is 42.6 Å². The lowest BCUT2D eigenvalue weighted by atomic mass is 9.92. The van der Waals surface area contributed by atoms with Gasteiger partial charge in [-0.2, -0.15) is 13.2 Å². The molecule has 2 unspecified atom stereocenters. The molecule has 2 aliphatic heterocycles. The van der Waals surface area contributed by atoms with Crippen LogP contribution in [0.15, 0.2) is 30.3 Å². The van der Waals surface area contributed by atoms with Crippen LogP contribution in [0.1, 0.15) is 56.6 Å². The molecule has 0 spiro atoms. The summed E-state index contributed by atoms with van der Waals surface area (Å²) in [5, 5.41) is 22.6. The van der Waals surface area contributed by atoms with Crippen molar-refractivity contribution in [2.24, 2.45) is 11.8 Å². The van der Waals surface area contributed by atoms with Gasteiger partial charge in [-0.05, 0) is 56.7 Å². The van der Waals surface area contributed by atoms with Gasteiger partial charge in [0.1, 0.15) is 0 Å². The van der Waals surface area contributed by atoms with Gasteiger partial charge < -0.3 is 25.7 Å². The minimum Gasteiger partial charge on any atom is -0.481 e. The van der Waals surface area contributed by atoms with Crippen LogP contribution in [0.5, 0.6) is 0 Å². The van der Waals surface area contributed by atoms with Crippen LogP contribution in [0.25, 0.3) is 0 Å². The van der Waals surface area contributed by atoms with E-state index in [0.717, 1.165) is 50.8 Å². The van der Waals surface area contributed by atoms with Crippen LogP contribution in [-0.4, -0.2) is 71.2 Å². The molecule has 0 saturated carbocycles. The molecule has 0 bridgehead atoms. The van der Waals surface area contributed by atoms with Crippen molar-refractivity contribution in [3.05, 3.63) is 35.9 Å². The van der Waals surface area contributed by atoms with Gasteiger partial charge in [0, 0.05) is 19.5 Å². The Morgan fingerprint density at radius 1 is 1.05 bits per heavy atom. The van der Waals surface area contributed by atoms with Crippen molar-refractivity contribution in [1.82, 2.24) is 15.5 Å². The smallest absolute Gasteiger partial charge is 0.481 e. The number of carboxylic acid groups (broad SMARTS) is 2. The fraction of sp³-hybridized carbons (Fsp3) is 0.600. The molecule has 37 heavy (non-hydrogen) atoms. The first-order valence-electron chi connectivity index (χ1n) is 12.3. The number of hydrogen-bond donors (Lipinski definition) is 4. The Bertz CT molecular complexity index is 907. The highest BCUT2D eigenvalue weighted by Gasteiger charge is 2.38. The van der Waals surface area contributed by atoms with Gasteiger partial charge in [0.25, 0.3) is 0 Å². The molecule has 2 atom stereocenters. The van der Waals surface area contributed by atoms with E-state index in [-0.39, 0.29) is 24.2 Å². The molecular formula is C25H34F3N3O6. The van der Waals surface area contributed by atoms with Gasteiger partial charge in [0.05, 0.1) is 18.4 Å². The van der Waals surface area contributed by atoms with E-state index in [1.165, 1.54) is 0 Å². The number of hydrogen-bond acceptors (Lipinski definition) is 5. The van der Waals surface area contributed by atoms with Crippen LogP contribution in [0.2, 0.25) is 0 Å². The molecule has 2 fully saturated rings. The van der Waals surface area contributed by atoms with Crippen LogP contribution in [0.4, 0.5) is 13.2 Å². The number of carboxylic acids is 2. The zero-order valence-electron chi connectivity index (χ0n) is 20.5. The zero-order chi connectivity index (χ0) is 27.4. The average molecular weight is 530 g/mol. The summed E-state index contributed by atoms with van der Waals surface area (Å²) in [5.74, 6) is -3.42. The number of alkyl halides is 3. The topological polar surface area (TPSA) is 136 Å². The second-order valence-electron chi connectivity index (χ2n) is 9.28. The number of piperidine rings is 2. The van der Waals surface area contributed by atoms with E-state index in [0.29, 0.717) is 25.4 Å². The number of carbonyl (C=O) groups is 4. The van der Waals surface area contributed by atoms with Gasteiger partial charge in [-0.1, -0.05) is 30.3 Å². The summed E-state index contributed by atoms with van der Waals surface area (Å²) in [6.07, 6.45) is -0.00921. The molecule has 12 heteroatoms. The number of aliphatic carboxylic acids is 2. The Kier molecular flexibility index (Phi) is 11.8. The van der Waals surface area contributed by atoms with Crippen molar-refractivity contribution in [3.8, 4) is 0 Å². The minimum atomic E-state index is -5.08. The Morgan fingerprint density at radius 3 is 2.24 bits per heavy atom. The number of benzene rings is 1. The highest BCUT2D eigenvalue weighted by atomic mass is 19.4. The monoisotopic (exact) mass is 529 g/mol. The molecule has 2 aliphatic rings. The first kappa shape index (κ1) is 30.1. The van der Waals surface area contributed by atoms with Gasteiger partial charge >= 0.3 is 18.1 Å². The van der Waals surface area contributed by atoms with Crippen LogP contribution < -0.4 is 10.6 Å². The normalized spacial score (nSPS) is 19.2. The molecule has 0 aliphatic carbocycles. The fourth-order valence-electron chi connectivity index (χ4n) is 4.48. The standard InChI is InChI=1S/C23H33N3O4.C2HF3O2/c27-21(9-8-17-10-12-24-13-11-17)26-14-4-7-19(16-26)23(30)25-20(15-22(28)29)18-5-2-1-3-6-18;3-2(4,5)1(6)7/h1-3,5-6,17,19-20,24H,4,7-16H2,(H,25,30)(H,28,29);(H,6,7). The van der Waals surface area contributed by atoms with Crippen LogP contribution >= 0.6 is 0 Å². The lowest BCUT2D eigenvalue weighted by Gasteiger charge is -2.33. The number of rotatable bonds is 8. The van der Waals surface area contributed by atoms with E-state index < -0.39 is 24.2 Å². The number of carbonyl (C=O) groups excluding carboxylic acids is 2. The van der Waals surface area contributed by atoms with Gasteiger partial charge in [-0.25, -0.2) is 4.79 Å². The van der Waals surface area contributed by atoms with Crippen molar-refractivity contribution in [3.63, 3.8) is 0 Å². The Morgan fingerprint density at radius 2 is 1.68 bits per heavy atom. The van der Waals surface area contributed by atoms with Crippen molar-refractivity contribution in [1.29, 1.82) is 0 Å². The van der Waals surface area contributed by atoms with Gasteiger partial charge in [-0.15, -0.1) is 0 Å². The van der Waals surface area contributed by atoms with Crippen LogP contribution in [0, 0.1) is 11.8 Å². The highest BCUT2D eigenvalue weighted by molar-refractivity contribution is 5.82. The minimum absolute atomic E-state index is 0.135. The molecule has 2 heterocycles. The summed E-state index contributed by atoms with van der Waals surface area (Å²) >= 11 is 0. The largest absolute Gasteiger partial charge is 0.490 e. The maximum absolute atomic E-state index is 12.9. The van der Waals surface area contributed by atoms with Crippen LogP contribution in [-0.2, 0) is 19.2 Å². The second kappa shape index (κ2) is 14.6. The Balaban J connectivity index is 0.000000604. The third kappa shape index (κ3) is 10.8. The molecule has 3 rings (SSSR count). The molecule has 206 valence electrons. The van der Waals surface area contributed by atoms with E-state index in [2.05, 4.69) is 10.6 Å². The third-order valence-corrected chi connectivity index (χ3v) is 6.51. The first-order valence-corrected chi connectivity index (χ1v) is 12.3. The molecule has 2 amide bonds. The molecular weight excluding hydrogens is 495 g/mol. The summed E-state index contributed by atoms with van der Waals surface area (Å²) in [7, 11) is 0. The Labute approximate surface area is 213 Å². The fourth-order valence-corrected chi connectivity index (χ4v) is 4.48. The van der Waals surface area contributed by atoms with E-state index in [9.17, 15) is 32.7 Å². The number of halogens is 3. The molecule has 1 aromatic rings. The lowest BCUT2D eigenvalue weighted by molar-refractivity contribution is -0.192. The number of nitrogens with zero attached hydrogens (tertiary/aromatic N) is 1. The zero-order valence-corrected chi connectivity index (χ0v) is 20.5. The number of nitrogens with one attached hydrogen (secondary N) is 2. The number of amides is 2. The quantitative estimate of drug-likeness (QED) is 0.407. The Hall–Kier alpha value is -3.15. The van der Waals surface area contributed by atoms with E-state index >= 15 is 0 Å². The summed E-state index contributed by atoms with van der Waals surface area (Å²) < 4.78 is 31.7. The third-order valence-electron chi connectivity index (χ3n) is 6.51. The summed E-state index contributed by atoms with van der Waals surface area (Å²) in [5.41, 5.74) is 0.777. The van der Waals surface area contributed by atoms with Gasteiger partial charge in [-0.3, -0.25) is 14.4 Å². The summed E-state index contributed by atoms with van der Waals surface area (Å²) in [6, 6.07) is 8.61. The predicted octanol–water partition coefficient (Wildman–Crippen LogP) is 2.97. The van der Waals surface area contributed by atoms with Gasteiger partial charge in [0.2, 0.25) is 11.8 Å². The molecule has 9 nitrogen and oxygen atoms in total. The highest BCUT2D eigenvalue weighted by Crippen LogP contribution is 2.23. The van der Waals surface area contributed by atoms with E-state index in [1.807, 2.05) is 35.2 Å². The van der Waals surface area contributed by atoms with E-state index in [1.54, 1.807) is 0 Å². The summed E-state index contributed by atoms with van der Waals surface area (Å²) in [6.45, 7) is 3.19. The SMILES string of the molecule is O=C(O)C(F)(F)F.O=C(O)CC(NC(=O)C1CCCN(C(=O)CCC2CCNCC2)C1)c1ccccc1. The van der Waals surface area contributed by atoms with Gasteiger partial charge in [0.15, 0.2) is 0 Å². The summed E-state index contributed by atoms with van der Waals surface area (Å²) in [4.78, 5) is 47.6. The first-order chi connectivity index (χ1) is 17.5. The maximum Gasteiger partial charge on any atom is 0.490 e. The van der Waals surface area contributed by atoms with Crippen LogP contribution in [0.3, 0.4) is 0 Å². The van der Waals surface area contributed by atoms with E-state index in [4.69, 9.17) is 9.90 Å². The average Bonchev–Trinajstić information content (AvgIpc) is 2.87. The molecule has 0 aromatic heterocycles. The van der Waals surface area contributed by atoms with Crippen molar-refractivity contribution >= 4 is 23.8 Å². The lowest BCUT2D eigenvalue weighted by Crippen LogP contribution is -2.46. The predicted molar refractivity (Wildman–Crippen MR) is 127 cm³/mol. The van der Waals surface area contributed by atoms with Crippen molar-refractivity contribution in [2.75, 3.05) is 26.2 Å². The molecule has 4 N–H and O–H groups in total. The second-order valence-corrected chi connectivity index (χ2v) is 9.28. The maximum atomic E-state index is 12.9.